The average molecular weight is 359 g/mol. The Kier molecular flexibility index (Phi) is 3.26. The van der Waals surface area contributed by atoms with Crippen molar-refractivity contribution in [1.29, 1.82) is 0 Å². The first-order chi connectivity index (χ1) is 13.1. The lowest BCUT2D eigenvalue weighted by atomic mass is 9.87. The zero-order valence-corrected chi connectivity index (χ0v) is 15.5. The van der Waals surface area contributed by atoms with E-state index in [1.165, 1.54) is 4.90 Å². The number of hydrogen-bond acceptors (Lipinski definition) is 2. The van der Waals surface area contributed by atoms with Crippen LogP contribution in [0.3, 0.4) is 0 Å². The lowest BCUT2D eigenvalue weighted by molar-refractivity contribution is -0.125. The number of carbonyl (C=O) groups excluding carboxylic acids is 2. The van der Waals surface area contributed by atoms with Crippen LogP contribution in [0.15, 0.2) is 48.5 Å². The van der Waals surface area contributed by atoms with Gasteiger partial charge < -0.3 is 9.88 Å². The maximum Gasteiger partial charge on any atom is 0.332 e. The molecule has 0 radical (unpaired) electrons. The third kappa shape index (κ3) is 1.94. The van der Waals surface area contributed by atoms with Crippen molar-refractivity contribution in [2.24, 2.45) is 0 Å². The fraction of sp³-hybridized carbons (Fsp3) is 0.273. The molecule has 136 valence electrons. The minimum Gasteiger partial charge on any atom is -0.356 e. The molecule has 1 fully saturated rings. The second kappa shape index (κ2) is 5.46. The normalized spacial score (nSPS) is 21.7. The smallest absolute Gasteiger partial charge is 0.332 e. The van der Waals surface area contributed by atoms with E-state index in [0.29, 0.717) is 12.2 Å². The largest absolute Gasteiger partial charge is 0.356 e. The van der Waals surface area contributed by atoms with Crippen molar-refractivity contribution in [3.63, 3.8) is 0 Å². The number of H-pyrrole nitrogens is 1. The number of benzene rings is 2. The van der Waals surface area contributed by atoms with Crippen LogP contribution in [-0.2, 0) is 23.2 Å². The molecule has 0 bridgehead atoms. The fourth-order valence-electron chi connectivity index (χ4n) is 4.63. The van der Waals surface area contributed by atoms with Crippen molar-refractivity contribution < 1.29 is 9.59 Å². The Balaban J connectivity index is 1.71. The van der Waals surface area contributed by atoms with Gasteiger partial charge in [-0.2, -0.15) is 0 Å². The highest BCUT2D eigenvalue weighted by atomic mass is 16.2. The van der Waals surface area contributed by atoms with E-state index in [4.69, 9.17) is 0 Å². The number of imide groups is 1. The number of aromatic amines is 1. The molecule has 27 heavy (non-hydrogen) atoms. The van der Waals surface area contributed by atoms with Crippen molar-refractivity contribution in [3.8, 4) is 0 Å². The zero-order chi connectivity index (χ0) is 18.8. The van der Waals surface area contributed by atoms with Gasteiger partial charge in [-0.05, 0) is 43.0 Å². The lowest BCUT2D eigenvalue weighted by Gasteiger charge is -2.35. The molecule has 2 aromatic carbocycles. The summed E-state index contributed by atoms with van der Waals surface area (Å²) in [6.45, 7) is 4.45. The molecule has 1 atom stereocenters. The third-order valence-corrected chi connectivity index (χ3v) is 6.08. The van der Waals surface area contributed by atoms with E-state index in [1.807, 2.05) is 56.3 Å². The molecule has 1 N–H and O–H groups in total. The van der Waals surface area contributed by atoms with Crippen LogP contribution in [0, 0.1) is 0 Å². The van der Waals surface area contributed by atoms with Crippen LogP contribution in [-0.4, -0.2) is 28.4 Å². The lowest BCUT2D eigenvalue weighted by Crippen LogP contribution is -2.49. The molecule has 2 aliphatic heterocycles. The van der Waals surface area contributed by atoms with Crippen LogP contribution in [0.25, 0.3) is 10.9 Å². The molecular formula is C22H21N3O2. The number of amides is 3. The molecule has 0 saturated carbocycles. The average Bonchev–Trinajstić information content (AvgIpc) is 3.16. The topological polar surface area (TPSA) is 56.4 Å². The highest BCUT2D eigenvalue weighted by Crippen LogP contribution is 2.45. The SMILES string of the molecule is CCc1ccccc1N1C(=O)N2CCc3c([nH]c4ccccc34)C2(C)C1=O. The molecule has 5 heteroatoms. The van der Waals surface area contributed by atoms with Crippen molar-refractivity contribution in [2.45, 2.75) is 32.2 Å². The quantitative estimate of drug-likeness (QED) is 0.704. The second-order valence-electron chi connectivity index (χ2n) is 7.40. The van der Waals surface area contributed by atoms with E-state index >= 15 is 0 Å². The first-order valence-electron chi connectivity index (χ1n) is 9.41. The van der Waals surface area contributed by atoms with Gasteiger partial charge in [-0.3, -0.25) is 4.79 Å². The third-order valence-electron chi connectivity index (χ3n) is 6.08. The summed E-state index contributed by atoms with van der Waals surface area (Å²) in [5, 5.41) is 1.14. The zero-order valence-electron chi connectivity index (χ0n) is 15.5. The first-order valence-corrected chi connectivity index (χ1v) is 9.41. The molecule has 1 aromatic heterocycles. The molecule has 5 nitrogen and oxygen atoms in total. The van der Waals surface area contributed by atoms with Crippen LogP contribution in [0.5, 0.6) is 0 Å². The van der Waals surface area contributed by atoms with Gasteiger partial charge in [0.15, 0.2) is 5.54 Å². The van der Waals surface area contributed by atoms with Crippen molar-refractivity contribution >= 4 is 28.5 Å². The van der Waals surface area contributed by atoms with Gasteiger partial charge in [-0.15, -0.1) is 0 Å². The molecule has 3 aromatic rings. The standard InChI is InChI=1S/C22H21N3O2/c1-3-14-8-4-7-11-18(14)25-20(26)22(2)19-16(12-13-24(22)21(25)27)15-9-5-6-10-17(15)23-19/h4-11,23H,3,12-13H2,1-2H3. The van der Waals surface area contributed by atoms with E-state index in [9.17, 15) is 9.59 Å². The number of rotatable bonds is 2. The van der Waals surface area contributed by atoms with Crippen molar-refractivity contribution in [3.05, 3.63) is 65.4 Å². The highest BCUT2D eigenvalue weighted by molar-refractivity contribution is 6.24. The Hall–Kier alpha value is -3.08. The van der Waals surface area contributed by atoms with Gasteiger partial charge in [0.1, 0.15) is 0 Å². The molecule has 1 unspecified atom stereocenters. The number of carbonyl (C=O) groups is 2. The Morgan fingerprint density at radius 2 is 1.81 bits per heavy atom. The monoisotopic (exact) mass is 359 g/mol. The Morgan fingerprint density at radius 3 is 2.63 bits per heavy atom. The number of para-hydroxylation sites is 2. The van der Waals surface area contributed by atoms with Gasteiger partial charge in [0.25, 0.3) is 5.91 Å². The predicted molar refractivity (Wildman–Crippen MR) is 105 cm³/mol. The van der Waals surface area contributed by atoms with Crippen LogP contribution in [0.4, 0.5) is 10.5 Å². The minimum absolute atomic E-state index is 0.180. The predicted octanol–water partition coefficient (Wildman–Crippen LogP) is 3.97. The van der Waals surface area contributed by atoms with Gasteiger partial charge in [-0.1, -0.05) is 43.3 Å². The first kappa shape index (κ1) is 16.1. The van der Waals surface area contributed by atoms with Crippen LogP contribution < -0.4 is 4.90 Å². The highest BCUT2D eigenvalue weighted by Gasteiger charge is 2.59. The van der Waals surface area contributed by atoms with Gasteiger partial charge in [0.2, 0.25) is 0 Å². The number of nitrogens with zero attached hydrogens (tertiary/aromatic N) is 2. The number of aromatic nitrogens is 1. The Morgan fingerprint density at radius 1 is 1.07 bits per heavy atom. The Labute approximate surface area is 157 Å². The summed E-state index contributed by atoms with van der Waals surface area (Å²) in [5.74, 6) is -0.180. The number of fused-ring (bicyclic) bond motifs is 5. The van der Waals surface area contributed by atoms with E-state index in [2.05, 4.69) is 11.1 Å². The summed E-state index contributed by atoms with van der Waals surface area (Å²) < 4.78 is 0. The van der Waals surface area contributed by atoms with Crippen LogP contribution in [0.1, 0.15) is 30.7 Å². The van der Waals surface area contributed by atoms with E-state index in [0.717, 1.165) is 40.6 Å². The van der Waals surface area contributed by atoms with Gasteiger partial charge >= 0.3 is 6.03 Å². The molecule has 1 saturated heterocycles. The number of hydrogen-bond donors (Lipinski definition) is 1. The molecule has 5 rings (SSSR count). The molecule has 3 heterocycles. The summed E-state index contributed by atoms with van der Waals surface area (Å²) in [7, 11) is 0. The van der Waals surface area contributed by atoms with E-state index < -0.39 is 5.54 Å². The van der Waals surface area contributed by atoms with Crippen LogP contribution >= 0.6 is 0 Å². The van der Waals surface area contributed by atoms with Gasteiger partial charge in [0, 0.05) is 17.4 Å². The summed E-state index contributed by atoms with van der Waals surface area (Å²) in [6.07, 6.45) is 1.51. The molecule has 2 aliphatic rings. The summed E-state index contributed by atoms with van der Waals surface area (Å²) in [4.78, 5) is 33.4. The van der Waals surface area contributed by atoms with Crippen LogP contribution in [0.2, 0.25) is 0 Å². The summed E-state index contributed by atoms with van der Waals surface area (Å²) in [5.41, 5.74) is 3.71. The maximum atomic E-state index is 13.6. The maximum absolute atomic E-state index is 13.6. The van der Waals surface area contributed by atoms with Gasteiger partial charge in [-0.25, -0.2) is 9.69 Å². The van der Waals surface area contributed by atoms with E-state index in [1.54, 1.807) is 4.90 Å². The van der Waals surface area contributed by atoms with E-state index in [-0.39, 0.29) is 11.9 Å². The minimum atomic E-state index is -0.995. The molecule has 0 spiro atoms. The Bertz CT molecular complexity index is 1100. The summed E-state index contributed by atoms with van der Waals surface area (Å²) in [6, 6.07) is 15.5. The number of urea groups is 1. The summed E-state index contributed by atoms with van der Waals surface area (Å²) >= 11 is 0. The second-order valence-corrected chi connectivity index (χ2v) is 7.40. The molecular weight excluding hydrogens is 338 g/mol. The molecule has 0 aliphatic carbocycles. The van der Waals surface area contributed by atoms with Crippen molar-refractivity contribution in [2.75, 3.05) is 11.4 Å². The van der Waals surface area contributed by atoms with Gasteiger partial charge in [0.05, 0.1) is 11.4 Å². The number of nitrogens with one attached hydrogen (secondary N) is 1. The number of aryl methyl sites for hydroxylation is 1. The molecule has 3 amide bonds. The fourth-order valence-corrected chi connectivity index (χ4v) is 4.63. The van der Waals surface area contributed by atoms with Crippen molar-refractivity contribution in [1.82, 2.24) is 9.88 Å². The number of anilines is 1.